The highest BCUT2D eigenvalue weighted by atomic mass is 16.2. The van der Waals surface area contributed by atoms with E-state index in [0.29, 0.717) is 6.42 Å². The molecule has 1 saturated heterocycles. The van der Waals surface area contributed by atoms with Gasteiger partial charge in [-0.2, -0.15) is 0 Å². The zero-order chi connectivity index (χ0) is 17.6. The maximum absolute atomic E-state index is 12.9. The van der Waals surface area contributed by atoms with E-state index in [-0.39, 0.29) is 11.9 Å². The summed E-state index contributed by atoms with van der Waals surface area (Å²) in [5.41, 5.74) is 3.50. The molecule has 1 atom stereocenters. The van der Waals surface area contributed by atoms with Crippen molar-refractivity contribution < 1.29 is 4.79 Å². The third-order valence-electron chi connectivity index (χ3n) is 5.11. The molecule has 0 aromatic heterocycles. The molecule has 0 saturated carbocycles. The minimum Gasteiger partial charge on any atom is -0.337 e. The molecule has 1 aliphatic heterocycles. The Morgan fingerprint density at radius 2 is 1.80 bits per heavy atom. The second kappa shape index (κ2) is 8.30. The maximum Gasteiger partial charge on any atom is 0.227 e. The summed E-state index contributed by atoms with van der Waals surface area (Å²) in [6, 6.07) is 18.8. The smallest absolute Gasteiger partial charge is 0.227 e. The lowest BCUT2D eigenvalue weighted by molar-refractivity contribution is -0.131. The number of likely N-dealkylation sites (N-methyl/N-ethyl adjacent to an activating group) is 1. The first-order chi connectivity index (χ1) is 12.1. The molecule has 0 bridgehead atoms. The number of carbonyl (C=O) groups is 1. The van der Waals surface area contributed by atoms with E-state index in [1.165, 1.54) is 24.0 Å². The summed E-state index contributed by atoms with van der Waals surface area (Å²) in [4.78, 5) is 17.3. The van der Waals surface area contributed by atoms with Crippen molar-refractivity contribution in [1.82, 2.24) is 9.80 Å². The van der Waals surface area contributed by atoms with E-state index in [1.807, 2.05) is 30.1 Å². The van der Waals surface area contributed by atoms with E-state index >= 15 is 0 Å². The first-order valence-corrected chi connectivity index (χ1v) is 9.22. The van der Waals surface area contributed by atoms with Crippen LogP contribution in [0.5, 0.6) is 0 Å². The van der Waals surface area contributed by atoms with Gasteiger partial charge in [0.25, 0.3) is 0 Å². The van der Waals surface area contributed by atoms with Crippen molar-refractivity contribution in [2.75, 3.05) is 26.7 Å². The van der Waals surface area contributed by atoms with Gasteiger partial charge in [-0.25, -0.2) is 0 Å². The Balaban J connectivity index is 1.75. The molecule has 0 radical (unpaired) electrons. The van der Waals surface area contributed by atoms with Crippen LogP contribution in [-0.2, 0) is 11.2 Å². The largest absolute Gasteiger partial charge is 0.337 e. The average Bonchev–Trinajstić information content (AvgIpc) is 3.13. The van der Waals surface area contributed by atoms with Crippen molar-refractivity contribution in [1.29, 1.82) is 0 Å². The lowest BCUT2D eigenvalue weighted by Gasteiger charge is -2.32. The molecule has 0 unspecified atom stereocenters. The summed E-state index contributed by atoms with van der Waals surface area (Å²) in [6.45, 7) is 5.27. The topological polar surface area (TPSA) is 23.6 Å². The highest BCUT2D eigenvalue weighted by Gasteiger charge is 2.25. The first kappa shape index (κ1) is 17.7. The summed E-state index contributed by atoms with van der Waals surface area (Å²) in [6.07, 6.45) is 2.99. The predicted molar refractivity (Wildman–Crippen MR) is 103 cm³/mol. The van der Waals surface area contributed by atoms with Gasteiger partial charge in [0.1, 0.15) is 0 Å². The Morgan fingerprint density at radius 3 is 2.48 bits per heavy atom. The van der Waals surface area contributed by atoms with E-state index in [0.717, 1.165) is 25.2 Å². The van der Waals surface area contributed by atoms with Crippen LogP contribution in [0.15, 0.2) is 54.6 Å². The Labute approximate surface area is 151 Å². The summed E-state index contributed by atoms with van der Waals surface area (Å²) in [5.74, 6) is 0.179. The van der Waals surface area contributed by atoms with Gasteiger partial charge in [-0.05, 0) is 44.0 Å². The zero-order valence-electron chi connectivity index (χ0n) is 15.3. The maximum atomic E-state index is 12.9. The Morgan fingerprint density at radius 1 is 1.08 bits per heavy atom. The first-order valence-electron chi connectivity index (χ1n) is 9.22. The number of benzene rings is 2. The van der Waals surface area contributed by atoms with Gasteiger partial charge in [-0.15, -0.1) is 0 Å². The SMILES string of the molecule is Cc1cccc(CC(=O)N(C)[C@H](CN2CCCC2)c2ccccc2)c1. The summed E-state index contributed by atoms with van der Waals surface area (Å²) < 4.78 is 0. The van der Waals surface area contributed by atoms with Crippen molar-refractivity contribution in [3.8, 4) is 0 Å². The normalized spacial score (nSPS) is 15.9. The summed E-state index contributed by atoms with van der Waals surface area (Å²) in [5, 5.41) is 0. The third-order valence-corrected chi connectivity index (χ3v) is 5.11. The predicted octanol–water partition coefficient (Wildman–Crippen LogP) is 3.83. The fraction of sp³-hybridized carbons (Fsp3) is 0.409. The molecule has 3 rings (SSSR count). The second-order valence-electron chi connectivity index (χ2n) is 7.10. The van der Waals surface area contributed by atoms with E-state index in [1.54, 1.807) is 0 Å². The number of aryl methyl sites for hydroxylation is 1. The van der Waals surface area contributed by atoms with Crippen LogP contribution < -0.4 is 0 Å². The molecule has 1 amide bonds. The van der Waals surface area contributed by atoms with Crippen LogP contribution in [0.25, 0.3) is 0 Å². The van der Waals surface area contributed by atoms with Crippen LogP contribution in [-0.4, -0.2) is 42.4 Å². The molecule has 3 heteroatoms. The number of likely N-dealkylation sites (tertiary alicyclic amines) is 1. The van der Waals surface area contributed by atoms with E-state index in [2.05, 4.69) is 48.2 Å². The molecular weight excluding hydrogens is 308 g/mol. The van der Waals surface area contributed by atoms with Gasteiger partial charge >= 0.3 is 0 Å². The van der Waals surface area contributed by atoms with Crippen molar-refractivity contribution >= 4 is 5.91 Å². The van der Waals surface area contributed by atoms with E-state index < -0.39 is 0 Å². The highest BCUT2D eigenvalue weighted by molar-refractivity contribution is 5.79. The standard InChI is InChI=1S/C22H28N2O/c1-18-9-8-10-19(15-18)16-22(25)23(2)21(17-24-13-6-7-14-24)20-11-4-3-5-12-20/h3-5,8-12,15,21H,6-7,13-14,16-17H2,1-2H3/t21-/m1/s1. The summed E-state index contributed by atoms with van der Waals surface area (Å²) >= 11 is 0. The van der Waals surface area contributed by atoms with Gasteiger partial charge in [0, 0.05) is 13.6 Å². The number of hydrogen-bond donors (Lipinski definition) is 0. The van der Waals surface area contributed by atoms with Crippen LogP contribution in [0.3, 0.4) is 0 Å². The van der Waals surface area contributed by atoms with Gasteiger partial charge in [0.05, 0.1) is 12.5 Å². The molecule has 0 spiro atoms. The van der Waals surface area contributed by atoms with Crippen LogP contribution in [0, 0.1) is 6.92 Å². The van der Waals surface area contributed by atoms with Gasteiger partial charge in [0.15, 0.2) is 0 Å². The average molecular weight is 336 g/mol. The minimum atomic E-state index is 0.108. The van der Waals surface area contributed by atoms with Gasteiger partial charge in [0.2, 0.25) is 5.91 Å². The zero-order valence-corrected chi connectivity index (χ0v) is 15.3. The third kappa shape index (κ3) is 4.70. The molecule has 2 aromatic carbocycles. The number of nitrogens with zero attached hydrogens (tertiary/aromatic N) is 2. The number of amides is 1. The van der Waals surface area contributed by atoms with Crippen LogP contribution in [0.4, 0.5) is 0 Å². The molecule has 2 aromatic rings. The fourth-order valence-electron chi connectivity index (χ4n) is 3.63. The molecule has 25 heavy (non-hydrogen) atoms. The van der Waals surface area contributed by atoms with Gasteiger partial charge < -0.3 is 9.80 Å². The molecule has 3 nitrogen and oxygen atoms in total. The molecule has 0 aliphatic carbocycles. The fourth-order valence-corrected chi connectivity index (χ4v) is 3.63. The van der Waals surface area contributed by atoms with Crippen molar-refractivity contribution in [3.63, 3.8) is 0 Å². The van der Waals surface area contributed by atoms with Crippen molar-refractivity contribution in [2.45, 2.75) is 32.2 Å². The van der Waals surface area contributed by atoms with Crippen molar-refractivity contribution in [2.24, 2.45) is 0 Å². The highest BCUT2D eigenvalue weighted by Crippen LogP contribution is 2.23. The molecule has 0 N–H and O–H groups in total. The number of rotatable bonds is 6. The minimum absolute atomic E-state index is 0.108. The molecule has 1 aliphatic rings. The van der Waals surface area contributed by atoms with Gasteiger partial charge in [-0.1, -0.05) is 60.2 Å². The lowest BCUT2D eigenvalue weighted by Crippen LogP contribution is -2.39. The summed E-state index contributed by atoms with van der Waals surface area (Å²) in [7, 11) is 1.95. The van der Waals surface area contributed by atoms with Crippen LogP contribution in [0.1, 0.15) is 35.6 Å². The molecule has 1 fully saturated rings. The van der Waals surface area contributed by atoms with Gasteiger partial charge in [-0.3, -0.25) is 4.79 Å². The lowest BCUT2D eigenvalue weighted by atomic mass is 10.0. The van der Waals surface area contributed by atoms with Crippen LogP contribution in [0.2, 0.25) is 0 Å². The molecular formula is C22H28N2O. The van der Waals surface area contributed by atoms with E-state index in [9.17, 15) is 4.79 Å². The van der Waals surface area contributed by atoms with Crippen LogP contribution >= 0.6 is 0 Å². The molecule has 1 heterocycles. The monoisotopic (exact) mass is 336 g/mol. The Hall–Kier alpha value is -2.13. The number of hydrogen-bond acceptors (Lipinski definition) is 2. The van der Waals surface area contributed by atoms with Crippen molar-refractivity contribution in [3.05, 3.63) is 71.3 Å². The van der Waals surface area contributed by atoms with E-state index in [4.69, 9.17) is 0 Å². The Bertz CT molecular complexity index is 692. The quantitative estimate of drug-likeness (QED) is 0.800. The number of carbonyl (C=O) groups excluding carboxylic acids is 1. The molecule has 132 valence electrons. The second-order valence-corrected chi connectivity index (χ2v) is 7.10. The Kier molecular flexibility index (Phi) is 5.87.